The highest BCUT2D eigenvalue weighted by molar-refractivity contribution is 9.10. The second-order valence-electron chi connectivity index (χ2n) is 6.15. The van der Waals surface area contributed by atoms with E-state index in [-0.39, 0.29) is 11.5 Å². The highest BCUT2D eigenvalue weighted by atomic mass is 79.9. The SMILES string of the molecule is CCN1C(=O)C(=Cc2cc(Br)c(OC)c(OC)c2)SC1=Nc1cccc(C(=O)O)c1. The van der Waals surface area contributed by atoms with Crippen molar-refractivity contribution in [2.24, 2.45) is 4.99 Å². The Morgan fingerprint density at radius 2 is 2.03 bits per heavy atom. The molecular formula is C21H19BrN2O5S. The molecular weight excluding hydrogens is 472 g/mol. The van der Waals surface area contributed by atoms with Gasteiger partial charge >= 0.3 is 5.97 Å². The van der Waals surface area contributed by atoms with Gasteiger partial charge < -0.3 is 14.6 Å². The van der Waals surface area contributed by atoms with E-state index in [0.29, 0.717) is 38.3 Å². The minimum Gasteiger partial charge on any atom is -0.493 e. The highest BCUT2D eigenvalue weighted by Gasteiger charge is 2.32. The Bertz CT molecular complexity index is 1070. The summed E-state index contributed by atoms with van der Waals surface area (Å²) in [6.45, 7) is 2.30. The first-order valence-electron chi connectivity index (χ1n) is 8.93. The third-order valence-electron chi connectivity index (χ3n) is 4.28. The number of amidine groups is 1. The van der Waals surface area contributed by atoms with Gasteiger partial charge in [-0.05, 0) is 76.6 Å². The lowest BCUT2D eigenvalue weighted by atomic mass is 10.2. The number of halogens is 1. The number of carbonyl (C=O) groups is 2. The molecule has 156 valence electrons. The van der Waals surface area contributed by atoms with Gasteiger partial charge in [-0.3, -0.25) is 9.69 Å². The fourth-order valence-electron chi connectivity index (χ4n) is 2.86. The number of rotatable bonds is 6. The number of carbonyl (C=O) groups excluding carboxylic acids is 1. The van der Waals surface area contributed by atoms with E-state index in [9.17, 15) is 9.59 Å². The zero-order valence-corrected chi connectivity index (χ0v) is 18.9. The number of methoxy groups -OCH3 is 2. The monoisotopic (exact) mass is 490 g/mol. The summed E-state index contributed by atoms with van der Waals surface area (Å²) in [5.74, 6) is -0.0811. The number of carboxylic acids is 1. The smallest absolute Gasteiger partial charge is 0.335 e. The van der Waals surface area contributed by atoms with Gasteiger partial charge in [0.2, 0.25) is 0 Å². The molecule has 2 aromatic rings. The van der Waals surface area contributed by atoms with Gasteiger partial charge in [0.25, 0.3) is 5.91 Å². The fraction of sp³-hybridized carbons (Fsp3) is 0.190. The van der Waals surface area contributed by atoms with Crippen LogP contribution < -0.4 is 9.47 Å². The molecule has 30 heavy (non-hydrogen) atoms. The van der Waals surface area contributed by atoms with Crippen LogP contribution in [0.3, 0.4) is 0 Å². The molecule has 1 heterocycles. The second kappa shape index (κ2) is 9.36. The lowest BCUT2D eigenvalue weighted by molar-refractivity contribution is -0.122. The van der Waals surface area contributed by atoms with Crippen LogP contribution in [-0.4, -0.2) is 47.8 Å². The van der Waals surface area contributed by atoms with Crippen molar-refractivity contribution in [1.29, 1.82) is 0 Å². The van der Waals surface area contributed by atoms with Gasteiger partial charge in [-0.1, -0.05) is 6.07 Å². The van der Waals surface area contributed by atoms with Crippen LogP contribution in [0.2, 0.25) is 0 Å². The van der Waals surface area contributed by atoms with Crippen LogP contribution in [0.15, 0.2) is 50.8 Å². The summed E-state index contributed by atoms with van der Waals surface area (Å²) >= 11 is 4.69. The van der Waals surface area contributed by atoms with Crippen LogP contribution in [-0.2, 0) is 4.79 Å². The van der Waals surface area contributed by atoms with Crippen LogP contribution in [0.25, 0.3) is 6.08 Å². The molecule has 1 aliphatic heterocycles. The molecule has 1 N–H and O–H groups in total. The zero-order valence-electron chi connectivity index (χ0n) is 16.5. The molecule has 1 amide bonds. The van der Waals surface area contributed by atoms with Crippen LogP contribution in [0.1, 0.15) is 22.8 Å². The lowest BCUT2D eigenvalue weighted by Crippen LogP contribution is -2.28. The van der Waals surface area contributed by atoms with E-state index < -0.39 is 5.97 Å². The van der Waals surface area contributed by atoms with Crippen LogP contribution in [0.5, 0.6) is 11.5 Å². The summed E-state index contributed by atoms with van der Waals surface area (Å²) in [5.41, 5.74) is 1.37. The van der Waals surface area contributed by atoms with Crippen molar-refractivity contribution in [3.8, 4) is 11.5 Å². The standard InChI is InChI=1S/C21H19BrN2O5S/c1-4-24-19(25)17(10-12-8-15(22)18(29-3)16(9-12)28-2)30-21(24)23-14-7-5-6-13(11-14)20(26)27/h5-11H,4H2,1-3H3,(H,26,27). The molecule has 0 atom stereocenters. The van der Waals surface area contributed by atoms with Gasteiger partial charge in [-0.25, -0.2) is 9.79 Å². The van der Waals surface area contributed by atoms with Gasteiger partial charge in [-0.2, -0.15) is 0 Å². The average molecular weight is 491 g/mol. The van der Waals surface area contributed by atoms with Crippen LogP contribution >= 0.6 is 27.7 Å². The summed E-state index contributed by atoms with van der Waals surface area (Å²) in [4.78, 5) is 30.6. The Morgan fingerprint density at radius 3 is 2.67 bits per heavy atom. The highest BCUT2D eigenvalue weighted by Crippen LogP contribution is 2.39. The first-order chi connectivity index (χ1) is 14.4. The molecule has 0 radical (unpaired) electrons. The Kier molecular flexibility index (Phi) is 6.84. The Morgan fingerprint density at radius 1 is 1.27 bits per heavy atom. The van der Waals surface area contributed by atoms with Crippen molar-refractivity contribution >= 4 is 56.5 Å². The molecule has 1 saturated heterocycles. The molecule has 0 aliphatic carbocycles. The number of carboxylic acid groups (broad SMARTS) is 1. The maximum Gasteiger partial charge on any atom is 0.335 e. The van der Waals surface area contributed by atoms with Gasteiger partial charge in [0.05, 0.1) is 34.8 Å². The molecule has 3 rings (SSSR count). The minimum absolute atomic E-state index is 0.139. The predicted molar refractivity (Wildman–Crippen MR) is 121 cm³/mol. The van der Waals surface area contributed by atoms with E-state index >= 15 is 0 Å². The maximum absolute atomic E-state index is 12.9. The lowest BCUT2D eigenvalue weighted by Gasteiger charge is -2.12. The molecule has 0 spiro atoms. The van der Waals surface area contributed by atoms with E-state index in [0.717, 1.165) is 5.56 Å². The first kappa shape index (κ1) is 21.9. The maximum atomic E-state index is 12.9. The number of nitrogens with zero attached hydrogens (tertiary/aromatic N) is 2. The number of likely N-dealkylation sites (N-methyl/N-ethyl adjacent to an activating group) is 1. The Hall–Kier alpha value is -2.78. The summed E-state index contributed by atoms with van der Waals surface area (Å²) in [5, 5.41) is 9.66. The van der Waals surface area contributed by atoms with E-state index in [2.05, 4.69) is 20.9 Å². The first-order valence-corrected chi connectivity index (χ1v) is 10.5. The molecule has 9 heteroatoms. The molecule has 1 fully saturated rings. The topological polar surface area (TPSA) is 88.4 Å². The van der Waals surface area contributed by atoms with Crippen molar-refractivity contribution < 1.29 is 24.2 Å². The fourth-order valence-corrected chi connectivity index (χ4v) is 4.55. The summed E-state index contributed by atoms with van der Waals surface area (Å²) in [7, 11) is 3.10. The van der Waals surface area contributed by atoms with Crippen molar-refractivity contribution in [3.05, 3.63) is 56.9 Å². The van der Waals surface area contributed by atoms with Crippen molar-refractivity contribution in [1.82, 2.24) is 4.90 Å². The number of benzene rings is 2. The van der Waals surface area contributed by atoms with Crippen molar-refractivity contribution in [2.45, 2.75) is 6.92 Å². The van der Waals surface area contributed by atoms with E-state index in [1.54, 1.807) is 43.4 Å². The van der Waals surface area contributed by atoms with Crippen molar-refractivity contribution in [2.75, 3.05) is 20.8 Å². The molecule has 1 aliphatic rings. The van der Waals surface area contributed by atoms with E-state index in [4.69, 9.17) is 14.6 Å². The summed E-state index contributed by atoms with van der Waals surface area (Å²) < 4.78 is 11.4. The third kappa shape index (κ3) is 4.52. The molecule has 7 nitrogen and oxygen atoms in total. The molecule has 0 unspecified atom stereocenters. The van der Waals surface area contributed by atoms with E-state index in [1.807, 2.05) is 13.0 Å². The number of aliphatic imine (C=N–C) groups is 1. The second-order valence-corrected chi connectivity index (χ2v) is 8.01. The number of thioether (sulfide) groups is 1. The van der Waals surface area contributed by atoms with Crippen molar-refractivity contribution in [3.63, 3.8) is 0 Å². The number of hydrogen-bond acceptors (Lipinski definition) is 6. The average Bonchev–Trinajstić information content (AvgIpc) is 3.01. The minimum atomic E-state index is -1.03. The summed E-state index contributed by atoms with van der Waals surface area (Å²) in [6.07, 6.45) is 1.76. The third-order valence-corrected chi connectivity index (χ3v) is 5.87. The number of amides is 1. The normalized spacial score (nSPS) is 16.4. The van der Waals surface area contributed by atoms with Gasteiger partial charge in [-0.15, -0.1) is 0 Å². The van der Waals surface area contributed by atoms with Gasteiger partial charge in [0.15, 0.2) is 16.7 Å². The zero-order chi connectivity index (χ0) is 21.8. The molecule has 0 saturated carbocycles. The van der Waals surface area contributed by atoms with Crippen LogP contribution in [0, 0.1) is 0 Å². The molecule has 0 bridgehead atoms. The van der Waals surface area contributed by atoms with Gasteiger partial charge in [0.1, 0.15) is 0 Å². The predicted octanol–water partition coefficient (Wildman–Crippen LogP) is 4.79. The van der Waals surface area contributed by atoms with Crippen LogP contribution in [0.4, 0.5) is 5.69 Å². The largest absolute Gasteiger partial charge is 0.493 e. The number of ether oxygens (including phenoxy) is 2. The Balaban J connectivity index is 1.97. The summed E-state index contributed by atoms with van der Waals surface area (Å²) in [6, 6.07) is 9.91. The quantitative estimate of drug-likeness (QED) is 0.585. The molecule has 0 aromatic heterocycles. The molecule has 2 aromatic carbocycles. The van der Waals surface area contributed by atoms with Gasteiger partial charge in [0, 0.05) is 6.54 Å². The number of aromatic carboxylic acids is 1. The Labute approximate surface area is 186 Å². The van der Waals surface area contributed by atoms with E-state index in [1.165, 1.54) is 23.9 Å². The number of hydrogen-bond donors (Lipinski definition) is 1.